The molecule has 0 aromatic heterocycles. The molecule has 1 aliphatic heterocycles. The van der Waals surface area contributed by atoms with Gasteiger partial charge in [-0.05, 0) is 92.8 Å². The van der Waals surface area contributed by atoms with Crippen LogP contribution in [0.2, 0.25) is 0 Å². The third-order valence-electron chi connectivity index (χ3n) is 6.04. The van der Waals surface area contributed by atoms with Crippen molar-refractivity contribution in [3.63, 3.8) is 0 Å². The maximum absolute atomic E-state index is 12.9. The van der Waals surface area contributed by atoms with E-state index in [4.69, 9.17) is 4.74 Å². The van der Waals surface area contributed by atoms with Crippen molar-refractivity contribution in [3.05, 3.63) is 82.9 Å². The molecule has 172 valence electrons. The molecule has 3 aromatic carbocycles. The molecule has 1 aliphatic rings. The van der Waals surface area contributed by atoms with Crippen LogP contribution in [0.5, 0.6) is 5.75 Å². The zero-order valence-electron chi connectivity index (χ0n) is 19.3. The van der Waals surface area contributed by atoms with Gasteiger partial charge >= 0.3 is 0 Å². The normalized spacial score (nSPS) is 15.3. The lowest BCUT2D eigenvalue weighted by Crippen LogP contribution is -2.39. The number of nitrogens with one attached hydrogen (secondary N) is 1. The number of hydrogen-bond donors (Lipinski definition) is 1. The number of nitrogens with zero attached hydrogens (tertiary/aromatic N) is 1. The Balaban J connectivity index is 1.45. The summed E-state index contributed by atoms with van der Waals surface area (Å²) < 4.78 is 34.1. The van der Waals surface area contributed by atoms with Gasteiger partial charge in [0.15, 0.2) is 6.61 Å². The van der Waals surface area contributed by atoms with Gasteiger partial charge in [-0.3, -0.25) is 9.52 Å². The first kappa shape index (κ1) is 22.9. The molecule has 0 saturated heterocycles. The molecule has 33 heavy (non-hydrogen) atoms. The predicted molar refractivity (Wildman–Crippen MR) is 130 cm³/mol. The lowest BCUT2D eigenvalue weighted by molar-refractivity contribution is -0.120. The highest BCUT2D eigenvalue weighted by Gasteiger charge is 2.30. The lowest BCUT2D eigenvalue weighted by Gasteiger charge is -2.23. The smallest absolute Gasteiger partial charge is 0.265 e. The molecular weight excluding hydrogens is 436 g/mol. The van der Waals surface area contributed by atoms with Gasteiger partial charge in [-0.15, -0.1) is 0 Å². The average Bonchev–Trinajstić information content (AvgIpc) is 3.10. The molecular formula is C26H28N2O4S. The first-order valence-electron chi connectivity index (χ1n) is 10.9. The fourth-order valence-corrected chi connectivity index (χ4v) is 5.26. The van der Waals surface area contributed by atoms with Gasteiger partial charge in [-0.1, -0.05) is 24.3 Å². The minimum atomic E-state index is -3.75. The van der Waals surface area contributed by atoms with Gasteiger partial charge in [0.25, 0.3) is 15.9 Å². The van der Waals surface area contributed by atoms with E-state index in [-0.39, 0.29) is 23.5 Å². The van der Waals surface area contributed by atoms with E-state index in [1.165, 1.54) is 6.07 Å². The number of fused-ring (bicyclic) bond motifs is 1. The highest BCUT2D eigenvalue weighted by Crippen LogP contribution is 2.32. The second kappa shape index (κ2) is 8.90. The Morgan fingerprint density at radius 3 is 2.48 bits per heavy atom. The Hall–Kier alpha value is -3.32. The first-order valence-corrected chi connectivity index (χ1v) is 12.4. The predicted octanol–water partition coefficient (Wildman–Crippen LogP) is 4.77. The van der Waals surface area contributed by atoms with Crippen molar-refractivity contribution in [2.24, 2.45) is 0 Å². The number of rotatable bonds is 6. The Bertz CT molecular complexity index is 1320. The van der Waals surface area contributed by atoms with Crippen LogP contribution in [0.1, 0.15) is 29.2 Å². The topological polar surface area (TPSA) is 75.7 Å². The van der Waals surface area contributed by atoms with Gasteiger partial charge in [-0.2, -0.15) is 0 Å². The Morgan fingerprint density at radius 2 is 1.76 bits per heavy atom. The molecule has 3 aromatic rings. The minimum absolute atomic E-state index is 0.0728. The number of hydrogen-bond acceptors (Lipinski definition) is 4. The van der Waals surface area contributed by atoms with Crippen LogP contribution in [0.4, 0.5) is 11.4 Å². The van der Waals surface area contributed by atoms with Crippen LogP contribution in [0, 0.1) is 20.8 Å². The van der Waals surface area contributed by atoms with Gasteiger partial charge in [0.2, 0.25) is 0 Å². The summed E-state index contributed by atoms with van der Waals surface area (Å²) >= 11 is 0. The van der Waals surface area contributed by atoms with Crippen molar-refractivity contribution >= 4 is 27.3 Å². The zero-order chi connectivity index (χ0) is 23.8. The van der Waals surface area contributed by atoms with E-state index in [0.717, 1.165) is 28.8 Å². The SMILES string of the molecule is Cc1ccc(NS(=O)(=O)c2ccc(OCC(=O)N3c4ccccc4C[C@H]3C)c(C)c2)cc1C. The zero-order valence-corrected chi connectivity index (χ0v) is 20.1. The summed E-state index contributed by atoms with van der Waals surface area (Å²) in [7, 11) is -3.75. The number of para-hydroxylation sites is 1. The number of sulfonamides is 1. The molecule has 1 amide bonds. The largest absolute Gasteiger partial charge is 0.483 e. The van der Waals surface area contributed by atoms with E-state index in [2.05, 4.69) is 4.72 Å². The highest BCUT2D eigenvalue weighted by atomic mass is 32.2. The van der Waals surface area contributed by atoms with Crippen molar-refractivity contribution < 1.29 is 17.9 Å². The summed E-state index contributed by atoms with van der Waals surface area (Å²) in [6.07, 6.45) is 0.820. The number of carbonyl (C=O) groups excluding carboxylic acids is 1. The minimum Gasteiger partial charge on any atom is -0.483 e. The molecule has 1 atom stereocenters. The number of anilines is 2. The maximum Gasteiger partial charge on any atom is 0.265 e. The summed E-state index contributed by atoms with van der Waals surface area (Å²) in [5.74, 6) is 0.355. The Kier molecular flexibility index (Phi) is 6.17. The van der Waals surface area contributed by atoms with Crippen molar-refractivity contribution in [1.29, 1.82) is 0 Å². The summed E-state index contributed by atoms with van der Waals surface area (Å²) in [5.41, 5.74) is 5.34. The van der Waals surface area contributed by atoms with E-state index in [9.17, 15) is 13.2 Å². The Morgan fingerprint density at radius 1 is 1.00 bits per heavy atom. The molecule has 6 nitrogen and oxygen atoms in total. The second-order valence-corrected chi connectivity index (χ2v) is 10.2. The molecule has 0 aliphatic carbocycles. The Labute approximate surface area is 195 Å². The van der Waals surface area contributed by atoms with E-state index >= 15 is 0 Å². The number of aryl methyl sites for hydroxylation is 3. The average molecular weight is 465 g/mol. The van der Waals surface area contributed by atoms with E-state index in [1.807, 2.05) is 51.1 Å². The molecule has 7 heteroatoms. The molecule has 4 rings (SSSR count). The highest BCUT2D eigenvalue weighted by molar-refractivity contribution is 7.92. The quantitative estimate of drug-likeness (QED) is 0.570. The van der Waals surface area contributed by atoms with Gasteiger partial charge in [0, 0.05) is 17.4 Å². The fourth-order valence-electron chi connectivity index (χ4n) is 4.12. The summed E-state index contributed by atoms with van der Waals surface area (Å²) in [4.78, 5) is 14.8. The van der Waals surface area contributed by atoms with Crippen molar-refractivity contribution in [2.45, 2.75) is 45.1 Å². The van der Waals surface area contributed by atoms with Crippen LogP contribution >= 0.6 is 0 Å². The van der Waals surface area contributed by atoms with Crippen molar-refractivity contribution in [1.82, 2.24) is 0 Å². The molecule has 0 spiro atoms. The summed E-state index contributed by atoms with van der Waals surface area (Å²) in [5, 5.41) is 0. The number of carbonyl (C=O) groups is 1. The standard InChI is InChI=1S/C26H28N2O4S/c1-17-9-10-22(13-18(17)2)27-33(30,31)23-11-12-25(19(3)14-23)32-16-26(29)28-20(4)15-21-7-5-6-8-24(21)28/h5-14,20,27H,15-16H2,1-4H3/t20-/m1/s1. The second-order valence-electron chi connectivity index (χ2n) is 8.57. The molecule has 0 unspecified atom stereocenters. The summed E-state index contributed by atoms with van der Waals surface area (Å²) in [6, 6.07) is 18.0. The third-order valence-corrected chi connectivity index (χ3v) is 7.42. The molecule has 0 radical (unpaired) electrons. The van der Waals surface area contributed by atoms with E-state index < -0.39 is 10.0 Å². The molecule has 0 bridgehead atoms. The maximum atomic E-state index is 12.9. The van der Waals surface area contributed by atoms with Gasteiger partial charge < -0.3 is 9.64 Å². The lowest BCUT2D eigenvalue weighted by atomic mass is 10.1. The number of amides is 1. The summed E-state index contributed by atoms with van der Waals surface area (Å²) in [6.45, 7) is 7.58. The molecule has 0 saturated carbocycles. The molecule has 0 fully saturated rings. The first-order chi connectivity index (χ1) is 15.7. The van der Waals surface area contributed by atoms with Crippen molar-refractivity contribution in [2.75, 3.05) is 16.2 Å². The third kappa shape index (κ3) is 4.73. The van der Waals surface area contributed by atoms with Crippen molar-refractivity contribution in [3.8, 4) is 5.75 Å². The van der Waals surface area contributed by atoms with Gasteiger partial charge in [0.05, 0.1) is 4.90 Å². The van der Waals surface area contributed by atoms with Crippen LogP contribution in [-0.4, -0.2) is 27.0 Å². The monoisotopic (exact) mass is 464 g/mol. The van der Waals surface area contributed by atoms with Crippen LogP contribution in [0.15, 0.2) is 65.6 Å². The van der Waals surface area contributed by atoms with E-state index in [0.29, 0.717) is 17.0 Å². The van der Waals surface area contributed by atoms with Crippen LogP contribution < -0.4 is 14.4 Å². The number of ether oxygens (including phenoxy) is 1. The van der Waals surface area contributed by atoms with Gasteiger partial charge in [0.1, 0.15) is 5.75 Å². The number of benzene rings is 3. The van der Waals surface area contributed by atoms with E-state index in [1.54, 1.807) is 36.1 Å². The van der Waals surface area contributed by atoms with Gasteiger partial charge in [-0.25, -0.2) is 8.42 Å². The molecule has 1 heterocycles. The fraction of sp³-hybridized carbons (Fsp3) is 0.269. The van der Waals surface area contributed by atoms with Crippen LogP contribution in [-0.2, 0) is 21.2 Å². The van der Waals surface area contributed by atoms with Crippen LogP contribution in [0.25, 0.3) is 0 Å². The van der Waals surface area contributed by atoms with Crippen LogP contribution in [0.3, 0.4) is 0 Å². The molecule has 1 N–H and O–H groups in total.